The molecule has 2 heteroatoms. The number of hydrogen-bond acceptors (Lipinski definition) is 2. The molecule has 0 spiro atoms. The minimum absolute atomic E-state index is 0.775. The van der Waals surface area contributed by atoms with Crippen LogP contribution in [0.5, 0.6) is 0 Å². The highest BCUT2D eigenvalue weighted by Gasteiger charge is 1.99. The van der Waals surface area contributed by atoms with Crippen molar-refractivity contribution in [2.75, 3.05) is 5.73 Å². The van der Waals surface area contributed by atoms with Gasteiger partial charge in [-0.05, 0) is 43.2 Å². The molecular formula is C15H16N2. The second kappa shape index (κ2) is 4.83. The second-order valence-corrected chi connectivity index (χ2v) is 4.11. The third kappa shape index (κ3) is 2.72. The normalized spacial score (nSPS) is 11.5. The monoisotopic (exact) mass is 224 g/mol. The molecule has 0 saturated heterocycles. The molecule has 2 aromatic carbocycles. The molecule has 2 aromatic rings. The molecule has 0 amide bonds. The fourth-order valence-corrected chi connectivity index (χ4v) is 1.66. The van der Waals surface area contributed by atoms with Crippen LogP contribution in [0.2, 0.25) is 0 Å². The first-order chi connectivity index (χ1) is 8.16. The van der Waals surface area contributed by atoms with Crippen LogP contribution in [0.25, 0.3) is 0 Å². The summed E-state index contributed by atoms with van der Waals surface area (Å²) in [6.07, 6.45) is 0. The summed E-state index contributed by atoms with van der Waals surface area (Å²) < 4.78 is 0. The zero-order chi connectivity index (χ0) is 12.3. The van der Waals surface area contributed by atoms with Gasteiger partial charge in [0.25, 0.3) is 0 Å². The lowest BCUT2D eigenvalue weighted by atomic mass is 10.1. The van der Waals surface area contributed by atoms with Gasteiger partial charge in [0.1, 0.15) is 0 Å². The van der Waals surface area contributed by atoms with Gasteiger partial charge in [-0.1, -0.05) is 30.3 Å². The van der Waals surface area contributed by atoms with Crippen molar-refractivity contribution in [2.24, 2.45) is 4.99 Å². The molecule has 2 nitrogen and oxygen atoms in total. The molecular weight excluding hydrogens is 208 g/mol. The first-order valence-electron chi connectivity index (χ1n) is 5.63. The number of rotatable bonds is 2. The average molecular weight is 224 g/mol. The number of benzene rings is 2. The molecule has 0 radical (unpaired) electrons. The minimum atomic E-state index is 0.775. The molecule has 2 N–H and O–H groups in total. The van der Waals surface area contributed by atoms with Gasteiger partial charge in [-0.3, -0.25) is 4.99 Å². The van der Waals surface area contributed by atoms with E-state index >= 15 is 0 Å². The van der Waals surface area contributed by atoms with Gasteiger partial charge < -0.3 is 5.73 Å². The van der Waals surface area contributed by atoms with E-state index in [0.717, 1.165) is 22.6 Å². The lowest BCUT2D eigenvalue weighted by molar-refractivity contribution is 1.38. The van der Waals surface area contributed by atoms with Crippen molar-refractivity contribution in [3.05, 3.63) is 59.7 Å². The highest BCUT2D eigenvalue weighted by Crippen LogP contribution is 2.19. The van der Waals surface area contributed by atoms with Crippen molar-refractivity contribution in [3.8, 4) is 0 Å². The number of hydrogen-bond donors (Lipinski definition) is 1. The SMILES string of the molecule is CC(=Nc1ccccc1C)c1ccc(N)cc1. The Morgan fingerprint density at radius 2 is 1.65 bits per heavy atom. The summed E-state index contributed by atoms with van der Waals surface area (Å²) in [6.45, 7) is 4.08. The van der Waals surface area contributed by atoms with Gasteiger partial charge in [-0.2, -0.15) is 0 Å². The van der Waals surface area contributed by atoms with Crippen LogP contribution >= 0.6 is 0 Å². The molecule has 0 aromatic heterocycles. The maximum Gasteiger partial charge on any atom is 0.0662 e. The molecule has 0 bridgehead atoms. The van der Waals surface area contributed by atoms with Crippen LogP contribution in [0.4, 0.5) is 11.4 Å². The van der Waals surface area contributed by atoms with Gasteiger partial charge in [0.2, 0.25) is 0 Å². The van der Waals surface area contributed by atoms with Crippen LogP contribution in [-0.4, -0.2) is 5.71 Å². The average Bonchev–Trinajstić information content (AvgIpc) is 2.33. The Morgan fingerprint density at radius 3 is 2.29 bits per heavy atom. The highest BCUT2D eigenvalue weighted by molar-refractivity contribution is 6.00. The van der Waals surface area contributed by atoms with Gasteiger partial charge in [0, 0.05) is 11.4 Å². The Morgan fingerprint density at radius 1 is 1.00 bits per heavy atom. The van der Waals surface area contributed by atoms with Crippen molar-refractivity contribution in [1.29, 1.82) is 0 Å². The van der Waals surface area contributed by atoms with Gasteiger partial charge in [-0.15, -0.1) is 0 Å². The van der Waals surface area contributed by atoms with Crippen molar-refractivity contribution in [1.82, 2.24) is 0 Å². The third-order valence-electron chi connectivity index (χ3n) is 2.73. The topological polar surface area (TPSA) is 38.4 Å². The van der Waals surface area contributed by atoms with E-state index in [1.807, 2.05) is 49.4 Å². The summed E-state index contributed by atoms with van der Waals surface area (Å²) in [4.78, 5) is 4.63. The molecule has 2 rings (SSSR count). The van der Waals surface area contributed by atoms with E-state index < -0.39 is 0 Å². The molecule has 0 heterocycles. The lowest BCUT2D eigenvalue weighted by Crippen LogP contribution is -1.95. The molecule has 86 valence electrons. The maximum absolute atomic E-state index is 5.66. The van der Waals surface area contributed by atoms with E-state index in [4.69, 9.17) is 5.73 Å². The van der Waals surface area contributed by atoms with Crippen molar-refractivity contribution in [2.45, 2.75) is 13.8 Å². The Kier molecular flexibility index (Phi) is 3.24. The summed E-state index contributed by atoms with van der Waals surface area (Å²) in [5, 5.41) is 0. The quantitative estimate of drug-likeness (QED) is 0.612. The van der Waals surface area contributed by atoms with Gasteiger partial charge in [0.05, 0.1) is 5.69 Å². The predicted molar refractivity (Wildman–Crippen MR) is 73.9 cm³/mol. The van der Waals surface area contributed by atoms with E-state index in [0.29, 0.717) is 0 Å². The number of nitrogens with zero attached hydrogens (tertiary/aromatic N) is 1. The van der Waals surface area contributed by atoms with Crippen LogP contribution in [0.3, 0.4) is 0 Å². The maximum atomic E-state index is 5.66. The highest BCUT2D eigenvalue weighted by atomic mass is 14.7. The van der Waals surface area contributed by atoms with Gasteiger partial charge >= 0.3 is 0 Å². The first kappa shape index (κ1) is 11.4. The van der Waals surface area contributed by atoms with E-state index in [1.165, 1.54) is 5.56 Å². The summed E-state index contributed by atoms with van der Waals surface area (Å²) in [5.41, 5.74) is 10.7. The number of nitrogens with two attached hydrogens (primary N) is 1. The molecule has 0 unspecified atom stereocenters. The molecule has 0 fully saturated rings. The predicted octanol–water partition coefficient (Wildman–Crippen LogP) is 3.72. The van der Waals surface area contributed by atoms with E-state index in [1.54, 1.807) is 0 Å². The Balaban J connectivity index is 2.34. The summed E-state index contributed by atoms with van der Waals surface area (Å²) >= 11 is 0. The third-order valence-corrected chi connectivity index (χ3v) is 2.73. The van der Waals surface area contributed by atoms with Crippen molar-refractivity contribution < 1.29 is 0 Å². The van der Waals surface area contributed by atoms with Crippen LogP contribution in [0, 0.1) is 6.92 Å². The van der Waals surface area contributed by atoms with Crippen LogP contribution in [0.1, 0.15) is 18.1 Å². The standard InChI is InChI=1S/C15H16N2/c1-11-5-3-4-6-15(11)17-12(2)13-7-9-14(16)10-8-13/h3-10H,16H2,1-2H3. The summed E-state index contributed by atoms with van der Waals surface area (Å²) in [6, 6.07) is 15.9. The van der Waals surface area contributed by atoms with Gasteiger partial charge in [-0.25, -0.2) is 0 Å². The van der Waals surface area contributed by atoms with Gasteiger partial charge in [0.15, 0.2) is 0 Å². The molecule has 0 aliphatic carbocycles. The summed E-state index contributed by atoms with van der Waals surface area (Å²) in [7, 11) is 0. The van der Waals surface area contributed by atoms with Crippen molar-refractivity contribution in [3.63, 3.8) is 0 Å². The number of aliphatic imine (C=N–C) groups is 1. The molecule has 0 aliphatic rings. The Bertz CT molecular complexity index is 539. The molecule has 0 aliphatic heterocycles. The number of anilines is 1. The lowest BCUT2D eigenvalue weighted by Gasteiger charge is -2.04. The van der Waals surface area contributed by atoms with Crippen LogP contribution < -0.4 is 5.73 Å². The molecule has 0 saturated carbocycles. The second-order valence-electron chi connectivity index (χ2n) is 4.11. The Labute approximate surface area is 102 Å². The number of nitrogen functional groups attached to an aromatic ring is 1. The zero-order valence-corrected chi connectivity index (χ0v) is 10.1. The van der Waals surface area contributed by atoms with E-state index in [2.05, 4.69) is 18.0 Å². The summed E-state index contributed by atoms with van der Waals surface area (Å²) in [5.74, 6) is 0. The fourth-order valence-electron chi connectivity index (χ4n) is 1.66. The molecule has 0 atom stereocenters. The largest absolute Gasteiger partial charge is 0.399 e. The van der Waals surface area contributed by atoms with E-state index in [-0.39, 0.29) is 0 Å². The number of para-hydroxylation sites is 1. The fraction of sp³-hybridized carbons (Fsp3) is 0.133. The number of aryl methyl sites for hydroxylation is 1. The van der Waals surface area contributed by atoms with Crippen LogP contribution in [-0.2, 0) is 0 Å². The van der Waals surface area contributed by atoms with E-state index in [9.17, 15) is 0 Å². The zero-order valence-electron chi connectivity index (χ0n) is 10.1. The minimum Gasteiger partial charge on any atom is -0.399 e. The Hall–Kier alpha value is -2.09. The first-order valence-corrected chi connectivity index (χ1v) is 5.63. The molecule has 17 heavy (non-hydrogen) atoms. The van der Waals surface area contributed by atoms with Crippen LogP contribution in [0.15, 0.2) is 53.5 Å². The van der Waals surface area contributed by atoms with Crippen molar-refractivity contribution >= 4 is 17.1 Å². The smallest absolute Gasteiger partial charge is 0.0662 e.